The van der Waals surface area contributed by atoms with Gasteiger partial charge >= 0.3 is 0 Å². The second kappa shape index (κ2) is 7.82. The van der Waals surface area contributed by atoms with Crippen molar-refractivity contribution >= 4 is 17.6 Å². The zero-order valence-corrected chi connectivity index (χ0v) is 13.5. The first kappa shape index (κ1) is 16.3. The van der Waals surface area contributed by atoms with Gasteiger partial charge in [-0.15, -0.1) is 0 Å². The molecule has 1 aliphatic carbocycles. The van der Waals surface area contributed by atoms with Crippen LogP contribution in [0.2, 0.25) is 0 Å². The van der Waals surface area contributed by atoms with Crippen molar-refractivity contribution in [2.45, 2.75) is 39.5 Å². The predicted octanol–water partition coefficient (Wildman–Crippen LogP) is 2.06. The lowest BCUT2D eigenvalue weighted by atomic mass is 10.1. The van der Waals surface area contributed by atoms with Crippen LogP contribution in [0, 0.1) is 5.92 Å². The highest BCUT2D eigenvalue weighted by atomic mass is 16.1. The van der Waals surface area contributed by atoms with Gasteiger partial charge in [-0.1, -0.05) is 19.9 Å². The van der Waals surface area contributed by atoms with Crippen LogP contribution in [-0.2, 0) is 17.6 Å². The lowest BCUT2D eigenvalue weighted by Crippen LogP contribution is -2.29. The fourth-order valence-electron chi connectivity index (χ4n) is 2.53. The molecule has 0 radical (unpaired) electrons. The zero-order chi connectivity index (χ0) is 15.9. The van der Waals surface area contributed by atoms with Crippen molar-refractivity contribution in [2.75, 3.05) is 18.4 Å². The molecule has 5 heteroatoms. The Morgan fingerprint density at radius 3 is 2.86 bits per heavy atom. The molecule has 1 aromatic rings. The summed E-state index contributed by atoms with van der Waals surface area (Å²) < 4.78 is 0. The van der Waals surface area contributed by atoms with Crippen LogP contribution in [0.3, 0.4) is 0 Å². The summed E-state index contributed by atoms with van der Waals surface area (Å²) in [6.07, 6.45) is 4.36. The molecule has 22 heavy (non-hydrogen) atoms. The molecule has 0 aromatic heterocycles. The first-order chi connectivity index (χ1) is 10.6. The van der Waals surface area contributed by atoms with Gasteiger partial charge < -0.3 is 16.4 Å². The Kier molecular flexibility index (Phi) is 5.81. The van der Waals surface area contributed by atoms with Crippen molar-refractivity contribution in [3.05, 3.63) is 29.3 Å². The van der Waals surface area contributed by atoms with Gasteiger partial charge in [0.15, 0.2) is 5.96 Å². The Bertz CT molecular complexity index is 552. The summed E-state index contributed by atoms with van der Waals surface area (Å²) in [5.74, 6) is 0.524. The highest BCUT2D eigenvalue weighted by molar-refractivity contribution is 5.92. The second-order valence-corrected chi connectivity index (χ2v) is 6.03. The number of nitrogens with two attached hydrogens (primary N) is 1. The Hall–Kier alpha value is -2.04. The van der Waals surface area contributed by atoms with Crippen LogP contribution < -0.4 is 16.4 Å². The largest absolute Gasteiger partial charge is 0.370 e. The number of nitrogens with zero attached hydrogens (tertiary/aromatic N) is 1. The molecule has 1 aromatic carbocycles. The average molecular weight is 302 g/mol. The summed E-state index contributed by atoms with van der Waals surface area (Å²) in [7, 11) is 0. The lowest BCUT2D eigenvalue weighted by Gasteiger charge is -2.08. The first-order valence-electron chi connectivity index (χ1n) is 8.02. The monoisotopic (exact) mass is 302 g/mol. The Balaban J connectivity index is 1.72. The molecular weight excluding hydrogens is 276 g/mol. The van der Waals surface area contributed by atoms with Crippen LogP contribution >= 0.6 is 0 Å². The van der Waals surface area contributed by atoms with Gasteiger partial charge in [0, 0.05) is 24.7 Å². The van der Waals surface area contributed by atoms with E-state index in [1.807, 2.05) is 13.8 Å². The summed E-state index contributed by atoms with van der Waals surface area (Å²) in [5, 5.41) is 5.99. The third-order valence-electron chi connectivity index (χ3n) is 3.81. The maximum Gasteiger partial charge on any atom is 0.222 e. The fraction of sp³-hybridized carbons (Fsp3) is 0.529. The van der Waals surface area contributed by atoms with Crippen LogP contribution in [0.4, 0.5) is 5.69 Å². The summed E-state index contributed by atoms with van der Waals surface area (Å²) in [6, 6.07) is 6.38. The quantitative estimate of drug-likeness (QED) is 0.427. The van der Waals surface area contributed by atoms with Crippen molar-refractivity contribution < 1.29 is 4.79 Å². The van der Waals surface area contributed by atoms with E-state index in [1.165, 1.54) is 24.0 Å². The van der Waals surface area contributed by atoms with E-state index in [4.69, 9.17) is 5.73 Å². The minimum Gasteiger partial charge on any atom is -0.370 e. The second-order valence-electron chi connectivity index (χ2n) is 6.03. The third kappa shape index (κ3) is 4.76. The summed E-state index contributed by atoms with van der Waals surface area (Å²) in [4.78, 5) is 15.7. The number of aryl methyl sites for hydroxylation is 2. The molecule has 0 bridgehead atoms. The summed E-state index contributed by atoms with van der Waals surface area (Å²) in [5.41, 5.74) is 9.75. The molecule has 0 aliphatic heterocycles. The number of hydrogen-bond acceptors (Lipinski definition) is 2. The van der Waals surface area contributed by atoms with Crippen LogP contribution in [0.1, 0.15) is 37.8 Å². The van der Waals surface area contributed by atoms with Crippen LogP contribution in [-0.4, -0.2) is 25.0 Å². The molecule has 0 saturated carbocycles. The SMILES string of the molecule is CC(C)C(=O)NCCCN=C(N)Nc1ccc2c(c1)CCC2. The fourth-order valence-corrected chi connectivity index (χ4v) is 2.53. The van der Waals surface area contributed by atoms with E-state index in [9.17, 15) is 4.79 Å². The Labute approximate surface area is 132 Å². The molecule has 0 saturated heterocycles. The number of amides is 1. The zero-order valence-electron chi connectivity index (χ0n) is 13.5. The van der Waals surface area contributed by atoms with Crippen molar-refractivity contribution in [3.8, 4) is 0 Å². The number of carbonyl (C=O) groups is 1. The number of aliphatic imine (C=N–C) groups is 1. The molecule has 120 valence electrons. The molecular formula is C17H26N4O. The number of rotatable bonds is 6. The number of hydrogen-bond donors (Lipinski definition) is 3. The van der Waals surface area contributed by atoms with Crippen molar-refractivity contribution in [1.82, 2.24) is 5.32 Å². The smallest absolute Gasteiger partial charge is 0.222 e. The molecule has 2 rings (SSSR count). The minimum absolute atomic E-state index is 0.0232. The van der Waals surface area contributed by atoms with Gasteiger partial charge in [0.05, 0.1) is 0 Å². The molecule has 1 amide bonds. The molecule has 0 atom stereocenters. The normalized spacial score (nSPS) is 14.0. The van der Waals surface area contributed by atoms with Gasteiger partial charge in [-0.2, -0.15) is 0 Å². The molecule has 0 fully saturated rings. The highest BCUT2D eigenvalue weighted by Crippen LogP contribution is 2.24. The molecule has 0 heterocycles. The summed E-state index contributed by atoms with van der Waals surface area (Å²) >= 11 is 0. The maximum atomic E-state index is 11.4. The number of fused-ring (bicyclic) bond motifs is 1. The maximum absolute atomic E-state index is 11.4. The van der Waals surface area contributed by atoms with Gasteiger partial charge in [-0.3, -0.25) is 9.79 Å². The number of benzene rings is 1. The highest BCUT2D eigenvalue weighted by Gasteiger charge is 2.10. The van der Waals surface area contributed by atoms with Gasteiger partial charge in [0.25, 0.3) is 0 Å². The van der Waals surface area contributed by atoms with Crippen LogP contribution in [0.15, 0.2) is 23.2 Å². The predicted molar refractivity (Wildman–Crippen MR) is 91.0 cm³/mol. The van der Waals surface area contributed by atoms with Gasteiger partial charge in [-0.25, -0.2) is 0 Å². The minimum atomic E-state index is 0.0232. The van der Waals surface area contributed by atoms with Crippen molar-refractivity contribution in [1.29, 1.82) is 0 Å². The van der Waals surface area contributed by atoms with E-state index >= 15 is 0 Å². The number of guanidine groups is 1. The van der Waals surface area contributed by atoms with Gasteiger partial charge in [-0.05, 0) is 48.9 Å². The average Bonchev–Trinajstić information content (AvgIpc) is 2.94. The third-order valence-corrected chi connectivity index (χ3v) is 3.81. The molecule has 5 nitrogen and oxygen atoms in total. The van der Waals surface area contributed by atoms with E-state index in [2.05, 4.69) is 33.8 Å². The van der Waals surface area contributed by atoms with Gasteiger partial charge in [0.1, 0.15) is 0 Å². The lowest BCUT2D eigenvalue weighted by molar-refractivity contribution is -0.123. The molecule has 0 spiro atoms. The number of nitrogens with one attached hydrogen (secondary N) is 2. The van der Waals surface area contributed by atoms with Gasteiger partial charge in [0.2, 0.25) is 5.91 Å². The standard InChI is InChI=1S/C17H26N4O/c1-12(2)16(22)19-9-4-10-20-17(18)21-15-8-7-13-5-3-6-14(13)11-15/h7-8,11-12H,3-6,9-10H2,1-2H3,(H,19,22)(H3,18,20,21). The van der Waals surface area contributed by atoms with E-state index in [0.29, 0.717) is 19.0 Å². The molecule has 1 aliphatic rings. The van der Waals surface area contributed by atoms with E-state index < -0.39 is 0 Å². The van der Waals surface area contributed by atoms with E-state index in [0.717, 1.165) is 18.5 Å². The van der Waals surface area contributed by atoms with Crippen LogP contribution in [0.25, 0.3) is 0 Å². The van der Waals surface area contributed by atoms with Crippen molar-refractivity contribution in [2.24, 2.45) is 16.6 Å². The number of anilines is 1. The topological polar surface area (TPSA) is 79.5 Å². The first-order valence-corrected chi connectivity index (χ1v) is 8.02. The molecule has 0 unspecified atom stereocenters. The Morgan fingerprint density at radius 2 is 2.09 bits per heavy atom. The number of carbonyl (C=O) groups excluding carboxylic acids is 1. The van der Waals surface area contributed by atoms with E-state index in [-0.39, 0.29) is 11.8 Å². The van der Waals surface area contributed by atoms with Crippen molar-refractivity contribution in [3.63, 3.8) is 0 Å². The van der Waals surface area contributed by atoms with Crippen LogP contribution in [0.5, 0.6) is 0 Å². The van der Waals surface area contributed by atoms with E-state index in [1.54, 1.807) is 0 Å². The summed E-state index contributed by atoms with van der Waals surface area (Å²) in [6.45, 7) is 4.99. The molecule has 4 N–H and O–H groups in total. The Morgan fingerprint density at radius 1 is 1.32 bits per heavy atom.